The zero-order valence-electron chi connectivity index (χ0n) is 11.0. The molecular formula is C15H19NO2S. The van der Waals surface area contributed by atoms with Gasteiger partial charge in [0.15, 0.2) is 0 Å². The van der Waals surface area contributed by atoms with Crippen LogP contribution in [0.15, 0.2) is 41.8 Å². The summed E-state index contributed by atoms with van der Waals surface area (Å²) in [6.45, 7) is 3.51. The molecular weight excluding hydrogens is 258 g/mol. The quantitative estimate of drug-likeness (QED) is 0.817. The molecule has 0 fully saturated rings. The van der Waals surface area contributed by atoms with Gasteiger partial charge in [0.2, 0.25) is 0 Å². The maximum Gasteiger partial charge on any atom is 0.119 e. The lowest BCUT2D eigenvalue weighted by Gasteiger charge is -2.08. The second kappa shape index (κ2) is 7.28. The molecule has 2 rings (SSSR count). The highest BCUT2D eigenvalue weighted by Gasteiger charge is 2.03. The Kier molecular flexibility index (Phi) is 5.39. The van der Waals surface area contributed by atoms with E-state index < -0.39 is 0 Å². The first-order chi connectivity index (χ1) is 9.28. The fourth-order valence-corrected chi connectivity index (χ4v) is 2.44. The van der Waals surface area contributed by atoms with E-state index in [4.69, 9.17) is 9.84 Å². The first-order valence-electron chi connectivity index (χ1n) is 6.36. The van der Waals surface area contributed by atoms with Crippen LogP contribution in [0.4, 0.5) is 0 Å². The molecule has 2 N–H and O–H groups in total. The third-order valence-electron chi connectivity index (χ3n) is 2.76. The Bertz CT molecular complexity index is 484. The average Bonchev–Trinajstić information content (AvgIpc) is 2.91. The first-order valence-corrected chi connectivity index (χ1v) is 7.24. The van der Waals surface area contributed by atoms with Crippen molar-refractivity contribution in [2.75, 3.05) is 6.61 Å². The Morgan fingerprint density at radius 3 is 2.84 bits per heavy atom. The van der Waals surface area contributed by atoms with Crippen molar-refractivity contribution in [3.8, 4) is 5.75 Å². The third-order valence-corrected chi connectivity index (χ3v) is 3.74. The number of benzene rings is 1. The van der Waals surface area contributed by atoms with E-state index in [0.29, 0.717) is 6.61 Å². The Morgan fingerprint density at radius 1 is 1.32 bits per heavy atom. The van der Waals surface area contributed by atoms with E-state index in [0.717, 1.165) is 12.3 Å². The van der Waals surface area contributed by atoms with Crippen LogP contribution in [0.2, 0.25) is 0 Å². The number of rotatable bonds is 7. The van der Waals surface area contributed by atoms with Crippen molar-refractivity contribution in [1.29, 1.82) is 0 Å². The molecule has 0 bridgehead atoms. The number of para-hydroxylation sites is 1. The van der Waals surface area contributed by atoms with Crippen LogP contribution in [-0.2, 0) is 13.2 Å². The molecule has 0 saturated carbocycles. The molecule has 0 unspecified atom stereocenters. The lowest BCUT2D eigenvalue weighted by molar-refractivity contribution is 0.251. The normalized spacial score (nSPS) is 12.3. The lowest BCUT2D eigenvalue weighted by atomic mass is 10.3. The molecule has 1 aromatic heterocycles. The summed E-state index contributed by atoms with van der Waals surface area (Å²) in [4.78, 5) is 1.26. The molecule has 1 atom stereocenters. The number of hydrogen-bond acceptors (Lipinski definition) is 4. The highest BCUT2D eigenvalue weighted by Crippen LogP contribution is 2.17. The zero-order chi connectivity index (χ0) is 13.5. The standard InChI is InChI=1S/C15H19NO2S/c1-12(9-17)16-8-15-7-13(11-19-15)10-18-14-5-3-2-4-6-14/h2-7,11-12,16-17H,8-10H2,1H3/t12-/m0/s1. The third kappa shape index (κ3) is 4.67. The summed E-state index contributed by atoms with van der Waals surface area (Å²) in [6.07, 6.45) is 0. The van der Waals surface area contributed by atoms with Crippen molar-refractivity contribution >= 4 is 11.3 Å². The number of thiophene rings is 1. The topological polar surface area (TPSA) is 41.5 Å². The smallest absolute Gasteiger partial charge is 0.119 e. The molecule has 4 heteroatoms. The Hall–Kier alpha value is -1.36. The number of ether oxygens (including phenoxy) is 1. The van der Waals surface area contributed by atoms with Gasteiger partial charge in [0.05, 0.1) is 6.61 Å². The maximum atomic E-state index is 8.95. The number of aliphatic hydroxyl groups excluding tert-OH is 1. The summed E-state index contributed by atoms with van der Waals surface area (Å²) in [6, 6.07) is 12.1. The largest absolute Gasteiger partial charge is 0.489 e. The fourth-order valence-electron chi connectivity index (χ4n) is 1.62. The van der Waals surface area contributed by atoms with Crippen LogP contribution in [0.3, 0.4) is 0 Å². The van der Waals surface area contributed by atoms with E-state index in [-0.39, 0.29) is 12.6 Å². The van der Waals surface area contributed by atoms with Gasteiger partial charge in [0, 0.05) is 23.0 Å². The first kappa shape index (κ1) is 14.1. The summed E-state index contributed by atoms with van der Waals surface area (Å²) < 4.78 is 5.70. The molecule has 3 nitrogen and oxygen atoms in total. The van der Waals surface area contributed by atoms with Crippen LogP contribution in [0.1, 0.15) is 17.4 Å². The van der Waals surface area contributed by atoms with Crippen LogP contribution in [0.5, 0.6) is 5.75 Å². The van der Waals surface area contributed by atoms with Gasteiger partial charge < -0.3 is 15.2 Å². The zero-order valence-corrected chi connectivity index (χ0v) is 11.8. The van der Waals surface area contributed by atoms with Gasteiger partial charge in [-0.15, -0.1) is 11.3 Å². The molecule has 0 aliphatic rings. The maximum absolute atomic E-state index is 8.95. The molecule has 0 aliphatic heterocycles. The van der Waals surface area contributed by atoms with Crippen LogP contribution < -0.4 is 10.1 Å². The van der Waals surface area contributed by atoms with Gasteiger partial charge >= 0.3 is 0 Å². The minimum absolute atomic E-state index is 0.131. The van der Waals surface area contributed by atoms with Gasteiger partial charge in [-0.2, -0.15) is 0 Å². The number of nitrogens with one attached hydrogen (secondary N) is 1. The highest BCUT2D eigenvalue weighted by molar-refractivity contribution is 7.10. The average molecular weight is 277 g/mol. The monoisotopic (exact) mass is 277 g/mol. The SMILES string of the molecule is C[C@@H](CO)NCc1cc(COc2ccccc2)cs1. The predicted octanol–water partition coefficient (Wildman–Crippen LogP) is 2.80. The van der Waals surface area contributed by atoms with Gasteiger partial charge in [-0.05, 0) is 30.5 Å². The van der Waals surface area contributed by atoms with Gasteiger partial charge in [-0.3, -0.25) is 0 Å². The molecule has 0 aliphatic carbocycles. The molecule has 0 spiro atoms. The molecule has 1 aromatic carbocycles. The Balaban J connectivity index is 1.81. The molecule has 1 heterocycles. The Labute approximate surface area is 117 Å². The molecule has 0 saturated heterocycles. The van der Waals surface area contributed by atoms with Crippen molar-refractivity contribution in [3.05, 3.63) is 52.2 Å². The summed E-state index contributed by atoms with van der Waals surface area (Å²) in [7, 11) is 0. The summed E-state index contributed by atoms with van der Waals surface area (Å²) >= 11 is 1.71. The van der Waals surface area contributed by atoms with Crippen molar-refractivity contribution in [1.82, 2.24) is 5.32 Å². The van der Waals surface area contributed by atoms with E-state index in [1.54, 1.807) is 11.3 Å². The van der Waals surface area contributed by atoms with E-state index >= 15 is 0 Å². The van der Waals surface area contributed by atoms with Crippen LogP contribution in [0, 0.1) is 0 Å². The minimum Gasteiger partial charge on any atom is -0.489 e. The van der Waals surface area contributed by atoms with Crippen molar-refractivity contribution in [3.63, 3.8) is 0 Å². The Morgan fingerprint density at radius 2 is 2.11 bits per heavy atom. The van der Waals surface area contributed by atoms with E-state index in [1.807, 2.05) is 37.3 Å². The molecule has 102 valence electrons. The highest BCUT2D eigenvalue weighted by atomic mass is 32.1. The summed E-state index contributed by atoms with van der Waals surface area (Å²) in [5.41, 5.74) is 1.18. The van der Waals surface area contributed by atoms with Gasteiger partial charge in [-0.25, -0.2) is 0 Å². The van der Waals surface area contributed by atoms with Crippen LogP contribution in [0.25, 0.3) is 0 Å². The number of aliphatic hydroxyl groups is 1. The second-order valence-corrected chi connectivity index (χ2v) is 5.48. The minimum atomic E-state index is 0.131. The van der Waals surface area contributed by atoms with Gasteiger partial charge in [0.1, 0.15) is 12.4 Å². The second-order valence-electron chi connectivity index (χ2n) is 4.49. The van der Waals surface area contributed by atoms with Crippen molar-refractivity contribution in [2.45, 2.75) is 26.1 Å². The van der Waals surface area contributed by atoms with E-state index in [1.165, 1.54) is 10.4 Å². The van der Waals surface area contributed by atoms with Crippen LogP contribution in [-0.4, -0.2) is 17.8 Å². The van der Waals surface area contributed by atoms with E-state index in [2.05, 4.69) is 16.8 Å². The van der Waals surface area contributed by atoms with Crippen molar-refractivity contribution < 1.29 is 9.84 Å². The van der Waals surface area contributed by atoms with Crippen molar-refractivity contribution in [2.24, 2.45) is 0 Å². The fraction of sp³-hybridized carbons (Fsp3) is 0.333. The molecule has 0 amide bonds. The summed E-state index contributed by atoms with van der Waals surface area (Å²) in [5, 5.41) is 14.3. The van der Waals surface area contributed by atoms with Crippen LogP contribution >= 0.6 is 11.3 Å². The van der Waals surface area contributed by atoms with E-state index in [9.17, 15) is 0 Å². The van der Waals surface area contributed by atoms with Gasteiger partial charge in [0.25, 0.3) is 0 Å². The summed E-state index contributed by atoms with van der Waals surface area (Å²) in [5.74, 6) is 0.891. The predicted molar refractivity (Wildman–Crippen MR) is 78.5 cm³/mol. The lowest BCUT2D eigenvalue weighted by Crippen LogP contribution is -2.28. The number of hydrogen-bond donors (Lipinski definition) is 2. The molecule has 0 radical (unpaired) electrons. The molecule has 19 heavy (non-hydrogen) atoms. The van der Waals surface area contributed by atoms with Gasteiger partial charge in [-0.1, -0.05) is 18.2 Å². The molecule has 2 aromatic rings.